The standard InChI is InChI=1S/C32H28/c1-6-19(2)21-13-10-15-25-29(21)28-20(3)11-9-14-22(28)23-17-18-27-31(30(23)25)24-12-7-8-16-26(24)32(27,4)5/h9-19H,6H2,1-5H3. The maximum atomic E-state index is 3.24. The Balaban J connectivity index is 1.93. The smallest absolute Gasteiger partial charge is 0.0165 e. The molecule has 0 saturated heterocycles. The van der Waals surface area contributed by atoms with Crippen molar-refractivity contribution < 1.29 is 0 Å². The summed E-state index contributed by atoms with van der Waals surface area (Å²) in [5.74, 6) is 0.516. The van der Waals surface area contributed by atoms with Gasteiger partial charge in [0, 0.05) is 5.41 Å². The van der Waals surface area contributed by atoms with Crippen molar-refractivity contribution in [1.29, 1.82) is 0 Å². The fourth-order valence-electron chi connectivity index (χ4n) is 6.07. The lowest BCUT2D eigenvalue weighted by molar-refractivity contribution is 0.655. The normalized spacial score (nSPS) is 16.9. The van der Waals surface area contributed by atoms with Gasteiger partial charge in [-0.3, -0.25) is 0 Å². The highest BCUT2D eigenvalue weighted by molar-refractivity contribution is 6.29. The van der Waals surface area contributed by atoms with E-state index in [0.717, 1.165) is 6.42 Å². The van der Waals surface area contributed by atoms with Gasteiger partial charge in [0.15, 0.2) is 0 Å². The molecular formula is C32H28. The lowest BCUT2D eigenvalue weighted by Gasteiger charge is -2.24. The van der Waals surface area contributed by atoms with Crippen molar-refractivity contribution in [2.75, 3.05) is 0 Å². The molecule has 0 fully saturated rings. The summed E-state index contributed by atoms with van der Waals surface area (Å²) in [6.07, 6.45) is 5.42. The zero-order valence-corrected chi connectivity index (χ0v) is 19.6. The molecule has 0 spiro atoms. The van der Waals surface area contributed by atoms with E-state index in [0.29, 0.717) is 5.92 Å². The Labute approximate surface area is 190 Å². The first kappa shape index (κ1) is 19.4. The van der Waals surface area contributed by atoms with Crippen LogP contribution < -0.4 is 0 Å². The van der Waals surface area contributed by atoms with Gasteiger partial charge in [-0.05, 0) is 97.1 Å². The Kier molecular flexibility index (Phi) is 4.00. The van der Waals surface area contributed by atoms with Gasteiger partial charge >= 0.3 is 0 Å². The highest BCUT2D eigenvalue weighted by Gasteiger charge is 2.38. The molecule has 0 heterocycles. The fourth-order valence-corrected chi connectivity index (χ4v) is 6.07. The molecule has 156 valence electrons. The van der Waals surface area contributed by atoms with Gasteiger partial charge in [0.1, 0.15) is 0 Å². The third-order valence-corrected chi connectivity index (χ3v) is 7.95. The number of hydrogen-bond donors (Lipinski definition) is 0. The molecule has 6 rings (SSSR count). The van der Waals surface area contributed by atoms with Gasteiger partial charge in [0.25, 0.3) is 0 Å². The summed E-state index contributed by atoms with van der Waals surface area (Å²) in [5.41, 5.74) is 14.7. The molecule has 0 heteroatoms. The molecule has 1 unspecified atom stereocenters. The summed E-state index contributed by atoms with van der Waals surface area (Å²) in [7, 11) is 0. The molecule has 0 saturated carbocycles. The fraction of sp³-hybridized carbons (Fsp3) is 0.250. The van der Waals surface area contributed by atoms with Crippen molar-refractivity contribution in [2.45, 2.75) is 52.4 Å². The van der Waals surface area contributed by atoms with Crippen LogP contribution in [0, 0.1) is 6.92 Å². The summed E-state index contributed by atoms with van der Waals surface area (Å²) < 4.78 is 0. The summed E-state index contributed by atoms with van der Waals surface area (Å²) >= 11 is 0. The minimum absolute atomic E-state index is 0.0351. The molecule has 1 atom stereocenters. The zero-order valence-electron chi connectivity index (χ0n) is 19.6. The van der Waals surface area contributed by atoms with E-state index in [9.17, 15) is 0 Å². The predicted octanol–water partition coefficient (Wildman–Crippen LogP) is 8.89. The second kappa shape index (κ2) is 6.60. The second-order valence-electron chi connectivity index (χ2n) is 10.0. The molecule has 4 aromatic rings. The van der Waals surface area contributed by atoms with E-state index in [4.69, 9.17) is 0 Å². The Morgan fingerprint density at radius 3 is 2.34 bits per heavy atom. The maximum Gasteiger partial charge on any atom is 0.0165 e. The molecule has 0 aliphatic heterocycles. The number of fused-ring (bicyclic) bond motifs is 9. The highest BCUT2D eigenvalue weighted by atomic mass is 14.4. The SMILES string of the molecule is CCC(C)c1cccc2c3c4c(ccc3c3cccc(C)c3c12)C(C)(C)C1=C4C=C=C=C1. The Morgan fingerprint density at radius 2 is 1.53 bits per heavy atom. The first-order chi connectivity index (χ1) is 15.4. The van der Waals surface area contributed by atoms with Crippen molar-refractivity contribution in [3.05, 3.63) is 100.0 Å². The summed E-state index contributed by atoms with van der Waals surface area (Å²) in [6, 6.07) is 18.5. The van der Waals surface area contributed by atoms with Crippen molar-refractivity contribution >= 4 is 37.9 Å². The van der Waals surface area contributed by atoms with Gasteiger partial charge in [0.05, 0.1) is 0 Å². The first-order valence-electron chi connectivity index (χ1n) is 11.8. The van der Waals surface area contributed by atoms with Crippen molar-refractivity contribution in [3.8, 4) is 0 Å². The van der Waals surface area contributed by atoms with E-state index >= 15 is 0 Å². The van der Waals surface area contributed by atoms with E-state index in [1.807, 2.05) is 0 Å². The quantitative estimate of drug-likeness (QED) is 0.228. The lowest BCUT2D eigenvalue weighted by Crippen LogP contribution is -2.16. The minimum Gasteiger partial charge on any atom is -0.0699 e. The Bertz CT molecular complexity index is 1610. The summed E-state index contributed by atoms with van der Waals surface area (Å²) in [6.45, 7) is 11.6. The predicted molar refractivity (Wildman–Crippen MR) is 139 cm³/mol. The van der Waals surface area contributed by atoms with Crippen LogP contribution in [0.5, 0.6) is 0 Å². The van der Waals surface area contributed by atoms with Crippen molar-refractivity contribution in [1.82, 2.24) is 0 Å². The van der Waals surface area contributed by atoms with Crippen molar-refractivity contribution in [2.24, 2.45) is 0 Å². The Morgan fingerprint density at radius 1 is 0.812 bits per heavy atom. The molecule has 2 aliphatic rings. The zero-order chi connectivity index (χ0) is 22.2. The van der Waals surface area contributed by atoms with E-state index in [1.165, 1.54) is 65.7 Å². The average Bonchev–Trinajstić information content (AvgIpc) is 3.05. The number of rotatable bonds is 2. The summed E-state index contributed by atoms with van der Waals surface area (Å²) in [4.78, 5) is 0. The lowest BCUT2D eigenvalue weighted by atomic mass is 9.79. The third-order valence-electron chi connectivity index (χ3n) is 7.95. The second-order valence-corrected chi connectivity index (χ2v) is 10.0. The van der Waals surface area contributed by atoms with Crippen LogP contribution in [0.1, 0.15) is 62.3 Å². The van der Waals surface area contributed by atoms with Crippen LogP contribution >= 0.6 is 0 Å². The molecule has 0 N–H and O–H groups in total. The minimum atomic E-state index is -0.0351. The molecule has 32 heavy (non-hydrogen) atoms. The van der Waals surface area contributed by atoms with Gasteiger partial charge < -0.3 is 0 Å². The topological polar surface area (TPSA) is 0 Å². The van der Waals surface area contributed by atoms with Crippen LogP contribution in [0.3, 0.4) is 0 Å². The number of hydrogen-bond acceptors (Lipinski definition) is 0. The van der Waals surface area contributed by atoms with Gasteiger partial charge in [-0.25, -0.2) is 0 Å². The van der Waals surface area contributed by atoms with Crippen LogP contribution in [0.25, 0.3) is 37.9 Å². The largest absolute Gasteiger partial charge is 0.0699 e. The van der Waals surface area contributed by atoms with Crippen LogP contribution in [0.15, 0.2) is 77.7 Å². The van der Waals surface area contributed by atoms with Gasteiger partial charge in [-0.1, -0.05) is 87.7 Å². The van der Waals surface area contributed by atoms with Gasteiger partial charge in [-0.15, -0.1) is 0 Å². The van der Waals surface area contributed by atoms with Crippen LogP contribution in [0.4, 0.5) is 0 Å². The summed E-state index contributed by atoms with van der Waals surface area (Å²) in [5, 5.41) is 8.35. The van der Waals surface area contributed by atoms with Crippen LogP contribution in [-0.4, -0.2) is 0 Å². The van der Waals surface area contributed by atoms with Crippen LogP contribution in [0.2, 0.25) is 0 Å². The molecule has 2 aliphatic carbocycles. The highest BCUT2D eigenvalue weighted by Crippen LogP contribution is 2.53. The molecule has 0 aromatic heterocycles. The molecule has 0 bridgehead atoms. The Hall–Kier alpha value is -3.30. The third kappa shape index (κ3) is 2.35. The van der Waals surface area contributed by atoms with E-state index < -0.39 is 0 Å². The van der Waals surface area contributed by atoms with Gasteiger partial charge in [-0.2, -0.15) is 0 Å². The molecule has 4 aromatic carbocycles. The van der Waals surface area contributed by atoms with Crippen LogP contribution in [-0.2, 0) is 5.41 Å². The maximum absolute atomic E-state index is 3.24. The number of aryl methyl sites for hydroxylation is 1. The van der Waals surface area contributed by atoms with E-state index in [2.05, 4.69) is 107 Å². The number of allylic oxidation sites excluding steroid dienone is 4. The monoisotopic (exact) mass is 412 g/mol. The van der Waals surface area contributed by atoms with E-state index in [1.54, 1.807) is 0 Å². The van der Waals surface area contributed by atoms with Crippen molar-refractivity contribution in [3.63, 3.8) is 0 Å². The average molecular weight is 413 g/mol. The molecule has 0 nitrogen and oxygen atoms in total. The van der Waals surface area contributed by atoms with Gasteiger partial charge in [0.2, 0.25) is 0 Å². The molecule has 0 radical (unpaired) electrons. The molecular weight excluding hydrogens is 384 g/mol. The molecule has 0 amide bonds. The first-order valence-corrected chi connectivity index (χ1v) is 11.8. The van der Waals surface area contributed by atoms with E-state index in [-0.39, 0.29) is 5.41 Å². The number of benzene rings is 4.